The number of pyridine rings is 2. The Bertz CT molecular complexity index is 3310. The number of fused-ring (bicyclic) bond motifs is 10. The zero-order valence-electron chi connectivity index (χ0n) is 23.4. The summed E-state index contributed by atoms with van der Waals surface area (Å²) in [6.07, 6.45) is 0. The fourth-order valence-electron chi connectivity index (χ4n) is 7.89. The summed E-state index contributed by atoms with van der Waals surface area (Å²) in [4.78, 5) is 38.0. The highest BCUT2D eigenvalue weighted by Gasteiger charge is 2.26. The number of hydrogen-bond donors (Lipinski definition) is 1. The van der Waals surface area contributed by atoms with Gasteiger partial charge in [0.05, 0.1) is 27.5 Å². The fourth-order valence-corrected chi connectivity index (χ4v) is 8.17. The van der Waals surface area contributed by atoms with Crippen molar-refractivity contribution in [2.45, 2.75) is 0 Å². The lowest BCUT2D eigenvalue weighted by Crippen LogP contribution is -2.14. The van der Waals surface area contributed by atoms with Gasteiger partial charge in [-0.1, -0.05) is 42.5 Å². The van der Waals surface area contributed by atoms with Crippen molar-refractivity contribution in [3.8, 4) is 5.75 Å². The number of para-hydroxylation sites is 4. The van der Waals surface area contributed by atoms with E-state index in [1.54, 1.807) is 14.9 Å². The molecular weight excluding hydrogens is 600 g/mol. The van der Waals surface area contributed by atoms with Crippen molar-refractivity contribution in [1.82, 2.24) is 18.8 Å². The Hall–Kier alpha value is -5.97. The highest BCUT2D eigenvalue weighted by atomic mass is 32.2. The molecule has 0 aliphatic heterocycles. The van der Waals surface area contributed by atoms with Gasteiger partial charge in [-0.2, -0.15) is 4.21 Å². The molecule has 0 bridgehead atoms. The van der Waals surface area contributed by atoms with Crippen molar-refractivity contribution in [3.63, 3.8) is 0 Å². The van der Waals surface area contributed by atoms with E-state index >= 15 is 0 Å². The van der Waals surface area contributed by atoms with Crippen LogP contribution in [0.4, 0.5) is 0 Å². The van der Waals surface area contributed by atoms with Crippen molar-refractivity contribution < 1.29 is 12.9 Å². The first-order valence-electron chi connectivity index (χ1n) is 14.6. The summed E-state index contributed by atoms with van der Waals surface area (Å²) < 4.78 is 31.0. The van der Waals surface area contributed by atoms with E-state index in [9.17, 15) is 18.4 Å². The third kappa shape index (κ3) is 2.70. The van der Waals surface area contributed by atoms with Crippen molar-refractivity contribution in [1.29, 1.82) is 0 Å². The Morgan fingerprint density at radius 3 is 1.65 bits per heavy atom. The van der Waals surface area contributed by atoms with Crippen molar-refractivity contribution in [2.75, 3.05) is 0 Å². The van der Waals surface area contributed by atoms with E-state index in [0.717, 1.165) is 54.1 Å². The minimum absolute atomic E-state index is 0.101. The molecule has 46 heavy (non-hydrogen) atoms. The second-order valence-corrected chi connectivity index (χ2v) is 12.3. The van der Waals surface area contributed by atoms with Gasteiger partial charge < -0.3 is 4.18 Å². The molecule has 216 valence electrons. The SMILES string of the molecule is O=c1c2ccc3c4ccc5c6c(cc(OS(=O)O)c(c7ccc(c2c37)c2nc3ccccc3n12)c46)c(=O)n1c2ccccc2nc51. The first-order valence-corrected chi connectivity index (χ1v) is 15.6. The monoisotopic (exact) mass is 616 g/mol. The third-order valence-electron chi connectivity index (χ3n) is 9.60. The molecule has 4 heterocycles. The first kappa shape index (κ1) is 24.4. The van der Waals surface area contributed by atoms with Crippen LogP contribution < -0.4 is 15.3 Å². The van der Waals surface area contributed by atoms with Crippen LogP contribution in [0.25, 0.3) is 98.0 Å². The van der Waals surface area contributed by atoms with Crippen molar-refractivity contribution in [2.24, 2.45) is 0 Å². The lowest BCUT2D eigenvalue weighted by Gasteiger charge is -2.20. The average Bonchev–Trinajstić information content (AvgIpc) is 3.65. The molecule has 11 rings (SSSR count). The Labute approximate surface area is 258 Å². The topological polar surface area (TPSA) is 115 Å². The van der Waals surface area contributed by atoms with E-state index in [4.69, 9.17) is 14.2 Å². The van der Waals surface area contributed by atoms with E-state index in [0.29, 0.717) is 43.9 Å². The van der Waals surface area contributed by atoms with Crippen molar-refractivity contribution >= 4 is 109 Å². The minimum Gasteiger partial charge on any atom is -0.379 e. The summed E-state index contributed by atoms with van der Waals surface area (Å²) in [7, 11) is 0. The number of imidazole rings is 2. The predicted molar refractivity (Wildman–Crippen MR) is 181 cm³/mol. The summed E-state index contributed by atoms with van der Waals surface area (Å²) >= 11 is -2.67. The highest BCUT2D eigenvalue weighted by molar-refractivity contribution is 7.74. The van der Waals surface area contributed by atoms with E-state index < -0.39 is 11.4 Å². The zero-order valence-corrected chi connectivity index (χ0v) is 24.3. The van der Waals surface area contributed by atoms with Crippen molar-refractivity contribution in [3.05, 3.63) is 112 Å². The predicted octanol–water partition coefficient (Wildman–Crippen LogP) is 6.76. The quantitative estimate of drug-likeness (QED) is 0.130. The van der Waals surface area contributed by atoms with Gasteiger partial charge in [0, 0.05) is 37.7 Å². The molecule has 4 aromatic heterocycles. The zero-order chi connectivity index (χ0) is 30.6. The largest absolute Gasteiger partial charge is 0.379 e. The van der Waals surface area contributed by atoms with Crippen LogP contribution in [0.3, 0.4) is 0 Å². The fraction of sp³-hybridized carbons (Fsp3) is 0. The summed E-state index contributed by atoms with van der Waals surface area (Å²) in [6, 6.07) is 28.3. The molecule has 0 amide bonds. The lowest BCUT2D eigenvalue weighted by molar-refractivity contribution is 0.460. The Balaban J connectivity index is 1.43. The average molecular weight is 617 g/mol. The van der Waals surface area contributed by atoms with Gasteiger partial charge in [0.15, 0.2) is 5.75 Å². The van der Waals surface area contributed by atoms with Crippen LogP contribution >= 0.6 is 0 Å². The van der Waals surface area contributed by atoms with Crippen LogP contribution in [-0.4, -0.2) is 27.5 Å². The molecular formula is C36H16N4O5S. The van der Waals surface area contributed by atoms with Gasteiger partial charge in [0.1, 0.15) is 11.3 Å². The molecule has 9 nitrogen and oxygen atoms in total. The van der Waals surface area contributed by atoms with Gasteiger partial charge in [-0.3, -0.25) is 22.9 Å². The van der Waals surface area contributed by atoms with Gasteiger partial charge in [-0.15, -0.1) is 0 Å². The Morgan fingerprint density at radius 1 is 0.543 bits per heavy atom. The molecule has 7 aromatic carbocycles. The number of hydrogen-bond acceptors (Lipinski definition) is 6. The van der Waals surface area contributed by atoms with Crippen LogP contribution in [0, 0.1) is 0 Å². The van der Waals surface area contributed by atoms with Gasteiger partial charge in [-0.25, -0.2) is 9.97 Å². The number of rotatable bonds is 2. The smallest absolute Gasteiger partial charge is 0.357 e. The molecule has 1 unspecified atom stereocenters. The standard InChI is InChI=1S/C36H16N4O5S/c41-35-21-14-10-16-17-9-12-20-30-22(36(42)40-26-8-4-2-6-24(26)38-34(20)40)15-27(45-46(43)44)31(32(17)30)18-11-13-19(29(21)28(16)18)33-37-23-5-1-3-7-25(23)39(33)35/h1-15H,(H,43,44). The molecule has 0 fully saturated rings. The molecule has 0 radical (unpaired) electrons. The molecule has 0 aliphatic carbocycles. The highest BCUT2D eigenvalue weighted by Crippen LogP contribution is 2.49. The normalized spacial score (nSPS) is 13.5. The molecule has 0 saturated carbocycles. The van der Waals surface area contributed by atoms with Gasteiger partial charge >= 0.3 is 11.4 Å². The minimum atomic E-state index is -2.67. The van der Waals surface area contributed by atoms with E-state index in [-0.39, 0.29) is 16.9 Å². The number of benzene rings is 7. The van der Waals surface area contributed by atoms with E-state index in [1.807, 2.05) is 84.9 Å². The Kier molecular flexibility index (Phi) is 4.23. The summed E-state index contributed by atoms with van der Waals surface area (Å²) in [5, 5.41) is 8.52. The second kappa shape index (κ2) is 7.99. The molecule has 1 N–H and O–H groups in total. The Morgan fingerprint density at radius 2 is 1.02 bits per heavy atom. The van der Waals surface area contributed by atoms with Crippen LogP contribution in [0.5, 0.6) is 5.75 Å². The van der Waals surface area contributed by atoms with Crippen LogP contribution in [0.1, 0.15) is 0 Å². The van der Waals surface area contributed by atoms with E-state index in [1.165, 1.54) is 0 Å². The molecule has 11 aromatic rings. The maximum absolute atomic E-state index is 14.2. The van der Waals surface area contributed by atoms with Crippen LogP contribution in [-0.2, 0) is 11.4 Å². The third-order valence-corrected chi connectivity index (χ3v) is 9.92. The van der Waals surface area contributed by atoms with Gasteiger partial charge in [0.25, 0.3) is 11.1 Å². The number of nitrogens with zero attached hydrogens (tertiary/aromatic N) is 4. The lowest BCUT2D eigenvalue weighted by atomic mass is 9.85. The molecule has 0 saturated heterocycles. The number of aromatic nitrogens is 4. The molecule has 10 heteroatoms. The first-order chi connectivity index (χ1) is 22.5. The van der Waals surface area contributed by atoms with E-state index in [2.05, 4.69) is 0 Å². The summed E-state index contributed by atoms with van der Waals surface area (Å²) in [6.45, 7) is 0. The summed E-state index contributed by atoms with van der Waals surface area (Å²) in [5.41, 5.74) is 3.47. The van der Waals surface area contributed by atoms with Crippen LogP contribution in [0.15, 0.2) is 101 Å². The second-order valence-electron chi connectivity index (χ2n) is 11.7. The molecule has 1 atom stereocenters. The summed E-state index contributed by atoms with van der Waals surface area (Å²) in [5.74, 6) is 0.101. The van der Waals surface area contributed by atoms with Gasteiger partial charge in [0.2, 0.25) is 0 Å². The maximum atomic E-state index is 14.2. The van der Waals surface area contributed by atoms with Crippen LogP contribution in [0.2, 0.25) is 0 Å². The molecule has 0 spiro atoms. The van der Waals surface area contributed by atoms with Gasteiger partial charge in [-0.05, 0) is 70.1 Å². The molecule has 0 aliphatic rings. The maximum Gasteiger partial charge on any atom is 0.357 e.